The third-order valence-electron chi connectivity index (χ3n) is 4.80. The Hall–Kier alpha value is -3.60. The number of aryl methyl sites for hydroxylation is 1. The second-order valence-electron chi connectivity index (χ2n) is 7.06. The molecule has 4 N–H and O–H groups in total. The third kappa shape index (κ3) is 4.67. The number of carbonyl (C=O) groups is 2. The number of hydrogen-bond donors (Lipinski definition) is 4. The van der Waals surface area contributed by atoms with Gasteiger partial charge in [0.25, 0.3) is 0 Å². The first-order chi connectivity index (χ1) is 15.0. The number of phenols is 2. The molecule has 0 aliphatic carbocycles. The van der Waals surface area contributed by atoms with Gasteiger partial charge >= 0.3 is 12.0 Å². The maximum absolute atomic E-state index is 13.6. The van der Waals surface area contributed by atoms with Gasteiger partial charge in [0.05, 0.1) is 28.9 Å². The molecule has 0 saturated heterocycles. The van der Waals surface area contributed by atoms with E-state index in [0.29, 0.717) is 0 Å². The van der Waals surface area contributed by atoms with Crippen molar-refractivity contribution in [2.75, 3.05) is 12.4 Å². The largest absolute Gasteiger partial charge is 0.504 e. The molecule has 0 spiro atoms. The maximum Gasteiger partial charge on any atom is 0.338 e. The number of amides is 2. The van der Waals surface area contributed by atoms with Crippen LogP contribution in [0, 0.1) is 12.7 Å². The van der Waals surface area contributed by atoms with Gasteiger partial charge in [-0.15, -0.1) is 0 Å². The molecule has 1 heterocycles. The topological polar surface area (TPSA) is 142 Å². The third-order valence-corrected chi connectivity index (χ3v) is 6.45. The number of benzene rings is 2. The Balaban J connectivity index is 2.12. The van der Waals surface area contributed by atoms with Crippen LogP contribution in [0.1, 0.15) is 24.1 Å². The first-order valence-corrected chi connectivity index (χ1v) is 11.2. The lowest BCUT2D eigenvalue weighted by Crippen LogP contribution is -2.47. The Morgan fingerprint density at radius 2 is 1.88 bits per heavy atom. The monoisotopic (exact) mass is 464 g/mol. The molecule has 2 amide bonds. The van der Waals surface area contributed by atoms with E-state index in [1.807, 2.05) is 0 Å². The van der Waals surface area contributed by atoms with Crippen molar-refractivity contribution in [2.45, 2.75) is 24.8 Å². The Morgan fingerprint density at radius 1 is 1.16 bits per heavy atom. The molecule has 170 valence electrons. The number of rotatable bonds is 6. The number of aromatic hydroxyl groups is 2. The lowest BCUT2D eigenvalue weighted by Gasteiger charge is -2.29. The van der Waals surface area contributed by atoms with E-state index in [9.17, 15) is 32.6 Å². The number of sulfone groups is 1. The van der Waals surface area contributed by atoms with Crippen LogP contribution in [0.25, 0.3) is 0 Å². The molecular weight excluding hydrogens is 443 g/mol. The van der Waals surface area contributed by atoms with E-state index in [-0.39, 0.29) is 33.9 Å². The number of carbonyl (C=O) groups excluding carboxylic acids is 2. The van der Waals surface area contributed by atoms with E-state index in [2.05, 4.69) is 10.6 Å². The number of halogens is 1. The average molecular weight is 464 g/mol. The van der Waals surface area contributed by atoms with Gasteiger partial charge in [-0.05, 0) is 55.3 Å². The van der Waals surface area contributed by atoms with E-state index < -0.39 is 50.9 Å². The van der Waals surface area contributed by atoms with Crippen molar-refractivity contribution in [2.24, 2.45) is 0 Å². The van der Waals surface area contributed by atoms with Gasteiger partial charge in [-0.25, -0.2) is 22.4 Å². The van der Waals surface area contributed by atoms with Crippen LogP contribution in [0.4, 0.5) is 9.18 Å². The van der Waals surface area contributed by atoms with Gasteiger partial charge in [0, 0.05) is 5.70 Å². The van der Waals surface area contributed by atoms with Crippen LogP contribution in [0.2, 0.25) is 0 Å². The van der Waals surface area contributed by atoms with Crippen LogP contribution in [0.15, 0.2) is 52.6 Å². The molecule has 9 nitrogen and oxygen atoms in total. The summed E-state index contributed by atoms with van der Waals surface area (Å²) in [5, 5.41) is 24.2. The Morgan fingerprint density at radius 3 is 2.50 bits per heavy atom. The molecular formula is C21H21FN2O7S. The zero-order valence-corrected chi connectivity index (χ0v) is 18.0. The Kier molecular flexibility index (Phi) is 6.40. The summed E-state index contributed by atoms with van der Waals surface area (Å²) < 4.78 is 44.6. The summed E-state index contributed by atoms with van der Waals surface area (Å²) in [6, 6.07) is 5.00. The molecule has 1 atom stereocenters. The first-order valence-electron chi connectivity index (χ1n) is 9.52. The molecule has 2 aromatic carbocycles. The van der Waals surface area contributed by atoms with Crippen LogP contribution < -0.4 is 10.6 Å². The minimum absolute atomic E-state index is 0.0129. The molecule has 0 aromatic heterocycles. The zero-order valence-electron chi connectivity index (χ0n) is 17.2. The minimum atomic E-state index is -4.09. The Bertz CT molecular complexity index is 1220. The molecule has 0 bridgehead atoms. The average Bonchev–Trinajstić information content (AvgIpc) is 2.71. The fourth-order valence-corrected chi connectivity index (χ4v) is 4.64. The fraction of sp³-hybridized carbons (Fsp3) is 0.238. The van der Waals surface area contributed by atoms with Crippen LogP contribution >= 0.6 is 0 Å². The maximum atomic E-state index is 13.6. The summed E-state index contributed by atoms with van der Waals surface area (Å²) in [5.74, 6) is -3.12. The predicted octanol–water partition coefficient (Wildman–Crippen LogP) is 2.19. The van der Waals surface area contributed by atoms with Gasteiger partial charge in [0.1, 0.15) is 5.82 Å². The zero-order chi connectivity index (χ0) is 23.6. The summed E-state index contributed by atoms with van der Waals surface area (Å²) in [5.41, 5.74) is -0.0612. The number of nitrogens with one attached hydrogen (secondary N) is 2. The molecule has 2 aromatic rings. The second kappa shape index (κ2) is 8.87. The van der Waals surface area contributed by atoms with Crippen LogP contribution in [-0.4, -0.2) is 43.0 Å². The van der Waals surface area contributed by atoms with Crippen molar-refractivity contribution >= 4 is 21.8 Å². The highest BCUT2D eigenvalue weighted by Crippen LogP contribution is 2.34. The summed E-state index contributed by atoms with van der Waals surface area (Å²) in [4.78, 5) is 24.9. The van der Waals surface area contributed by atoms with E-state index in [4.69, 9.17) is 4.74 Å². The summed E-state index contributed by atoms with van der Waals surface area (Å²) >= 11 is 0. The quantitative estimate of drug-likeness (QED) is 0.292. The number of phenolic OH excluding ortho intramolecular Hbond substituents is 2. The van der Waals surface area contributed by atoms with Crippen molar-refractivity contribution in [1.82, 2.24) is 10.6 Å². The lowest BCUT2D eigenvalue weighted by molar-refractivity contribution is -0.139. The lowest BCUT2D eigenvalue weighted by atomic mass is 9.95. The molecule has 0 radical (unpaired) electrons. The van der Waals surface area contributed by atoms with Gasteiger partial charge in [-0.1, -0.05) is 6.07 Å². The normalized spacial score (nSPS) is 16.3. The minimum Gasteiger partial charge on any atom is -0.504 e. The SMILES string of the molecule is CCOC(=O)C1=C(CS(=O)(=O)c2ccc(F)c(C)c2)NC(=O)N[C@@H]1c1ccc(O)c(O)c1. The van der Waals surface area contributed by atoms with Gasteiger partial charge < -0.3 is 25.6 Å². The number of ether oxygens (including phenoxy) is 1. The van der Waals surface area contributed by atoms with Crippen LogP contribution in [0.5, 0.6) is 11.5 Å². The Labute approximate surface area is 183 Å². The van der Waals surface area contributed by atoms with Crippen molar-refractivity contribution in [3.63, 3.8) is 0 Å². The molecule has 3 rings (SSSR count). The van der Waals surface area contributed by atoms with Crippen LogP contribution in [0.3, 0.4) is 0 Å². The van der Waals surface area contributed by atoms with E-state index >= 15 is 0 Å². The van der Waals surface area contributed by atoms with E-state index in [0.717, 1.165) is 24.3 Å². The van der Waals surface area contributed by atoms with Gasteiger partial charge in [0.15, 0.2) is 21.3 Å². The van der Waals surface area contributed by atoms with E-state index in [1.165, 1.54) is 19.1 Å². The number of urea groups is 1. The number of hydrogen-bond acceptors (Lipinski definition) is 7. The van der Waals surface area contributed by atoms with Crippen molar-refractivity contribution in [3.05, 3.63) is 64.6 Å². The highest BCUT2D eigenvalue weighted by molar-refractivity contribution is 7.91. The predicted molar refractivity (Wildman–Crippen MR) is 111 cm³/mol. The smallest absolute Gasteiger partial charge is 0.338 e. The summed E-state index contributed by atoms with van der Waals surface area (Å²) in [7, 11) is -4.09. The van der Waals surface area contributed by atoms with Gasteiger partial charge in [-0.2, -0.15) is 0 Å². The molecule has 0 saturated carbocycles. The van der Waals surface area contributed by atoms with Gasteiger partial charge in [0.2, 0.25) is 0 Å². The molecule has 11 heteroatoms. The molecule has 0 unspecified atom stereocenters. The summed E-state index contributed by atoms with van der Waals surface area (Å²) in [6.45, 7) is 2.96. The second-order valence-corrected chi connectivity index (χ2v) is 9.05. The summed E-state index contributed by atoms with van der Waals surface area (Å²) in [6.07, 6.45) is 0. The molecule has 32 heavy (non-hydrogen) atoms. The molecule has 0 fully saturated rings. The first kappa shape index (κ1) is 23.1. The standard InChI is InChI=1S/C21H21FN2O7S/c1-3-31-20(27)18-15(10-32(29,30)13-5-6-14(22)11(2)8-13)23-21(28)24-19(18)12-4-7-16(25)17(26)9-12/h4-9,19,25-26H,3,10H2,1-2H3,(H2,23,24,28)/t19-/m1/s1. The molecule has 1 aliphatic heterocycles. The van der Waals surface area contributed by atoms with Crippen molar-refractivity contribution < 1.29 is 37.3 Å². The van der Waals surface area contributed by atoms with Crippen molar-refractivity contribution in [3.8, 4) is 11.5 Å². The highest BCUT2D eigenvalue weighted by atomic mass is 32.2. The van der Waals surface area contributed by atoms with Crippen molar-refractivity contribution in [1.29, 1.82) is 0 Å². The highest BCUT2D eigenvalue weighted by Gasteiger charge is 2.36. The fourth-order valence-electron chi connectivity index (χ4n) is 3.24. The van der Waals surface area contributed by atoms with Crippen LogP contribution in [-0.2, 0) is 19.4 Å². The molecule has 1 aliphatic rings. The van der Waals surface area contributed by atoms with Gasteiger partial charge in [-0.3, -0.25) is 0 Å². The van der Waals surface area contributed by atoms with E-state index in [1.54, 1.807) is 6.92 Å². The number of esters is 1.